The zero-order chi connectivity index (χ0) is 11.7. The average molecular weight is 243 g/mol. The molecule has 0 aliphatic heterocycles. The van der Waals surface area contributed by atoms with E-state index in [4.69, 9.17) is 4.42 Å². The Balaban J connectivity index is 1.92. The molecule has 3 rings (SSSR count). The fourth-order valence-corrected chi connectivity index (χ4v) is 2.61. The molecule has 0 fully saturated rings. The van der Waals surface area contributed by atoms with Crippen LogP contribution in [0.3, 0.4) is 0 Å². The van der Waals surface area contributed by atoms with Gasteiger partial charge in [0.15, 0.2) is 0 Å². The quantitative estimate of drug-likeness (QED) is 0.737. The molecule has 0 atom stereocenters. The van der Waals surface area contributed by atoms with Crippen LogP contribution in [0.1, 0.15) is 11.3 Å². The van der Waals surface area contributed by atoms with E-state index in [9.17, 15) is 0 Å². The minimum atomic E-state index is 0.805. The molecular weight excluding hydrogens is 230 g/mol. The largest absolute Gasteiger partial charge is 0.461 e. The van der Waals surface area contributed by atoms with Crippen LogP contribution in [-0.2, 0) is 6.54 Å². The molecule has 0 unspecified atom stereocenters. The lowest BCUT2D eigenvalue weighted by molar-refractivity contribution is 0.573. The molecule has 2 aromatic heterocycles. The third kappa shape index (κ3) is 1.94. The molecule has 86 valence electrons. The van der Waals surface area contributed by atoms with Crippen LogP contribution in [0.4, 0.5) is 5.69 Å². The number of benzene rings is 1. The summed E-state index contributed by atoms with van der Waals surface area (Å²) in [6.07, 6.45) is 0. The molecule has 0 saturated carbocycles. The van der Waals surface area contributed by atoms with Gasteiger partial charge in [0.25, 0.3) is 0 Å². The van der Waals surface area contributed by atoms with E-state index in [0.29, 0.717) is 0 Å². The van der Waals surface area contributed by atoms with Crippen LogP contribution in [0, 0.1) is 6.92 Å². The van der Waals surface area contributed by atoms with Crippen molar-refractivity contribution in [3.05, 3.63) is 52.4 Å². The molecule has 2 nitrogen and oxygen atoms in total. The summed E-state index contributed by atoms with van der Waals surface area (Å²) in [6.45, 7) is 2.82. The first-order chi connectivity index (χ1) is 8.34. The fourth-order valence-electron chi connectivity index (χ4n) is 2.00. The Labute approximate surface area is 104 Å². The van der Waals surface area contributed by atoms with Crippen molar-refractivity contribution < 1.29 is 4.42 Å². The molecule has 2 heterocycles. The van der Waals surface area contributed by atoms with E-state index in [1.807, 2.05) is 25.1 Å². The van der Waals surface area contributed by atoms with Crippen LogP contribution in [-0.4, -0.2) is 0 Å². The SMILES string of the molecule is Cc1oc2ccccc2c1CNc1ccsc1. The van der Waals surface area contributed by atoms with E-state index >= 15 is 0 Å². The van der Waals surface area contributed by atoms with E-state index in [-0.39, 0.29) is 0 Å². The lowest BCUT2D eigenvalue weighted by Gasteiger charge is -2.03. The summed E-state index contributed by atoms with van der Waals surface area (Å²) in [5.74, 6) is 0.994. The van der Waals surface area contributed by atoms with Crippen LogP contribution in [0.25, 0.3) is 11.0 Å². The maximum absolute atomic E-state index is 5.73. The van der Waals surface area contributed by atoms with Crippen molar-refractivity contribution >= 4 is 28.0 Å². The lowest BCUT2D eigenvalue weighted by atomic mass is 10.1. The molecule has 0 bridgehead atoms. The van der Waals surface area contributed by atoms with E-state index in [1.54, 1.807) is 11.3 Å². The highest BCUT2D eigenvalue weighted by Crippen LogP contribution is 2.26. The van der Waals surface area contributed by atoms with Gasteiger partial charge >= 0.3 is 0 Å². The topological polar surface area (TPSA) is 25.2 Å². The smallest absolute Gasteiger partial charge is 0.134 e. The van der Waals surface area contributed by atoms with Gasteiger partial charge in [-0.25, -0.2) is 0 Å². The highest BCUT2D eigenvalue weighted by molar-refractivity contribution is 7.08. The summed E-state index contributed by atoms with van der Waals surface area (Å²) in [6, 6.07) is 10.3. The molecule has 0 radical (unpaired) electrons. The zero-order valence-corrected chi connectivity index (χ0v) is 10.4. The Hall–Kier alpha value is -1.74. The molecule has 17 heavy (non-hydrogen) atoms. The molecule has 1 N–H and O–H groups in total. The first-order valence-electron chi connectivity index (χ1n) is 5.57. The second-order valence-corrected chi connectivity index (χ2v) is 4.78. The number of para-hydroxylation sites is 1. The van der Waals surface area contributed by atoms with Crippen LogP contribution < -0.4 is 5.32 Å². The number of fused-ring (bicyclic) bond motifs is 1. The van der Waals surface area contributed by atoms with Gasteiger partial charge in [-0.15, -0.1) is 0 Å². The third-order valence-corrected chi connectivity index (χ3v) is 3.57. The molecule has 0 aliphatic rings. The van der Waals surface area contributed by atoms with Gasteiger partial charge in [-0.1, -0.05) is 18.2 Å². The van der Waals surface area contributed by atoms with Gasteiger partial charge in [0.2, 0.25) is 0 Å². The predicted octanol–water partition coefficient (Wildman–Crippen LogP) is 4.41. The maximum Gasteiger partial charge on any atom is 0.134 e. The molecule has 3 aromatic rings. The minimum absolute atomic E-state index is 0.805. The summed E-state index contributed by atoms with van der Waals surface area (Å²) in [5, 5.41) is 8.79. The summed E-state index contributed by atoms with van der Waals surface area (Å²) < 4.78 is 5.73. The number of nitrogens with one attached hydrogen (secondary N) is 1. The third-order valence-electron chi connectivity index (χ3n) is 2.89. The second kappa shape index (κ2) is 4.26. The van der Waals surface area contributed by atoms with Gasteiger partial charge in [-0.2, -0.15) is 11.3 Å². The highest BCUT2D eigenvalue weighted by Gasteiger charge is 2.09. The van der Waals surface area contributed by atoms with Gasteiger partial charge < -0.3 is 9.73 Å². The molecule has 1 aromatic carbocycles. The number of furan rings is 1. The Kier molecular flexibility index (Phi) is 2.61. The fraction of sp³-hybridized carbons (Fsp3) is 0.143. The number of anilines is 1. The van der Waals surface area contributed by atoms with E-state index in [2.05, 4.69) is 28.2 Å². The number of hydrogen-bond donors (Lipinski definition) is 1. The van der Waals surface area contributed by atoms with E-state index in [1.165, 1.54) is 16.6 Å². The standard InChI is InChI=1S/C14H13NOS/c1-10-13(8-15-11-6-7-17-9-11)12-4-2-3-5-14(12)16-10/h2-7,9,15H,8H2,1H3. The Morgan fingerprint density at radius 3 is 2.94 bits per heavy atom. The minimum Gasteiger partial charge on any atom is -0.461 e. The maximum atomic E-state index is 5.73. The molecule has 0 aliphatic carbocycles. The Morgan fingerprint density at radius 2 is 2.12 bits per heavy atom. The summed E-state index contributed by atoms with van der Waals surface area (Å²) >= 11 is 1.70. The van der Waals surface area contributed by atoms with Gasteiger partial charge in [0.1, 0.15) is 11.3 Å². The molecule has 3 heteroatoms. The van der Waals surface area contributed by atoms with Crippen molar-refractivity contribution in [2.45, 2.75) is 13.5 Å². The zero-order valence-electron chi connectivity index (χ0n) is 9.57. The Bertz CT molecular complexity index is 625. The summed E-state index contributed by atoms with van der Waals surface area (Å²) in [5.41, 5.74) is 3.37. The van der Waals surface area contributed by atoms with Crippen LogP contribution in [0.5, 0.6) is 0 Å². The van der Waals surface area contributed by atoms with E-state index < -0.39 is 0 Å². The van der Waals surface area contributed by atoms with Crippen LogP contribution in [0.2, 0.25) is 0 Å². The highest BCUT2D eigenvalue weighted by atomic mass is 32.1. The van der Waals surface area contributed by atoms with Gasteiger partial charge in [-0.3, -0.25) is 0 Å². The molecule has 0 spiro atoms. The Morgan fingerprint density at radius 1 is 1.24 bits per heavy atom. The number of rotatable bonds is 3. The molecule has 0 amide bonds. The van der Waals surface area contributed by atoms with Crippen molar-refractivity contribution in [2.24, 2.45) is 0 Å². The first kappa shape index (κ1) is 10.4. The van der Waals surface area contributed by atoms with Gasteiger partial charge in [0.05, 0.1) is 0 Å². The second-order valence-electron chi connectivity index (χ2n) is 4.00. The van der Waals surface area contributed by atoms with Crippen molar-refractivity contribution in [3.63, 3.8) is 0 Å². The van der Waals surface area contributed by atoms with Gasteiger partial charge in [0, 0.05) is 28.6 Å². The van der Waals surface area contributed by atoms with Gasteiger partial charge in [-0.05, 0) is 24.4 Å². The predicted molar refractivity (Wildman–Crippen MR) is 72.6 cm³/mol. The van der Waals surface area contributed by atoms with E-state index in [0.717, 1.165) is 17.9 Å². The first-order valence-corrected chi connectivity index (χ1v) is 6.52. The average Bonchev–Trinajstić information content (AvgIpc) is 2.93. The summed E-state index contributed by atoms with van der Waals surface area (Å²) in [7, 11) is 0. The van der Waals surface area contributed by atoms with Crippen molar-refractivity contribution in [3.8, 4) is 0 Å². The number of thiophene rings is 1. The number of hydrogen-bond acceptors (Lipinski definition) is 3. The normalized spacial score (nSPS) is 10.9. The lowest BCUT2D eigenvalue weighted by Crippen LogP contribution is -1.98. The van der Waals surface area contributed by atoms with Crippen LogP contribution in [0.15, 0.2) is 45.5 Å². The van der Waals surface area contributed by atoms with Crippen LogP contribution >= 0.6 is 11.3 Å². The van der Waals surface area contributed by atoms with Crippen molar-refractivity contribution in [2.75, 3.05) is 5.32 Å². The van der Waals surface area contributed by atoms with Crippen molar-refractivity contribution in [1.82, 2.24) is 0 Å². The summed E-state index contributed by atoms with van der Waals surface area (Å²) in [4.78, 5) is 0. The monoisotopic (exact) mass is 243 g/mol. The van der Waals surface area contributed by atoms with Crippen molar-refractivity contribution in [1.29, 1.82) is 0 Å². The molecule has 0 saturated heterocycles. The number of aryl methyl sites for hydroxylation is 1. The molecular formula is C14H13NOS.